The van der Waals surface area contributed by atoms with E-state index in [-0.39, 0.29) is 18.9 Å². The molecule has 0 aromatic heterocycles. The van der Waals surface area contributed by atoms with Crippen molar-refractivity contribution in [3.63, 3.8) is 0 Å². The lowest BCUT2D eigenvalue weighted by Gasteiger charge is -2.24. The van der Waals surface area contributed by atoms with Gasteiger partial charge in [0.2, 0.25) is 15.9 Å². The van der Waals surface area contributed by atoms with Gasteiger partial charge in [0.25, 0.3) is 0 Å². The molecule has 0 aliphatic carbocycles. The number of amides is 1. The highest BCUT2D eigenvalue weighted by atomic mass is 32.2. The first-order valence-electron chi connectivity index (χ1n) is 9.22. The molecule has 158 valence electrons. The fraction of sp³-hybridized carbons (Fsp3) is 0.381. The quantitative estimate of drug-likeness (QED) is 0.671. The van der Waals surface area contributed by atoms with Crippen LogP contribution in [0.2, 0.25) is 0 Å². The SMILES string of the molecule is COc1ccc(NC(=O)CCCN(c2cc(C)ccc2C)S(C)(=O)=O)c(OC)c1. The van der Waals surface area contributed by atoms with Crippen molar-refractivity contribution in [3.05, 3.63) is 47.5 Å². The number of hydrogen-bond donors (Lipinski definition) is 1. The van der Waals surface area contributed by atoms with E-state index in [1.807, 2.05) is 32.0 Å². The lowest BCUT2D eigenvalue weighted by atomic mass is 10.1. The molecule has 29 heavy (non-hydrogen) atoms. The second-order valence-corrected chi connectivity index (χ2v) is 8.75. The Morgan fingerprint density at radius 3 is 2.41 bits per heavy atom. The van der Waals surface area contributed by atoms with E-state index >= 15 is 0 Å². The summed E-state index contributed by atoms with van der Waals surface area (Å²) in [6.07, 6.45) is 1.73. The summed E-state index contributed by atoms with van der Waals surface area (Å²) in [5, 5.41) is 2.80. The van der Waals surface area contributed by atoms with Gasteiger partial charge in [0, 0.05) is 19.0 Å². The van der Waals surface area contributed by atoms with Crippen molar-refractivity contribution < 1.29 is 22.7 Å². The fourth-order valence-electron chi connectivity index (χ4n) is 2.95. The van der Waals surface area contributed by atoms with Gasteiger partial charge < -0.3 is 14.8 Å². The summed E-state index contributed by atoms with van der Waals surface area (Å²) in [4.78, 5) is 12.4. The van der Waals surface area contributed by atoms with Crippen LogP contribution >= 0.6 is 0 Å². The molecule has 0 aliphatic heterocycles. The van der Waals surface area contributed by atoms with Gasteiger partial charge >= 0.3 is 0 Å². The Morgan fingerprint density at radius 2 is 1.79 bits per heavy atom. The molecule has 0 unspecified atom stereocenters. The topological polar surface area (TPSA) is 84.9 Å². The van der Waals surface area contributed by atoms with Crippen LogP contribution < -0.4 is 19.1 Å². The molecule has 8 heteroatoms. The predicted octanol–water partition coefficient (Wildman–Crippen LogP) is 3.51. The number of sulfonamides is 1. The van der Waals surface area contributed by atoms with E-state index in [0.29, 0.717) is 29.3 Å². The number of rotatable bonds is 9. The maximum Gasteiger partial charge on any atom is 0.232 e. The Hall–Kier alpha value is -2.74. The van der Waals surface area contributed by atoms with E-state index in [1.165, 1.54) is 17.7 Å². The van der Waals surface area contributed by atoms with Crippen molar-refractivity contribution >= 4 is 27.3 Å². The Labute approximate surface area is 172 Å². The van der Waals surface area contributed by atoms with E-state index in [0.717, 1.165) is 11.1 Å². The van der Waals surface area contributed by atoms with Gasteiger partial charge in [-0.3, -0.25) is 9.10 Å². The van der Waals surface area contributed by atoms with E-state index in [2.05, 4.69) is 5.32 Å². The molecule has 2 aromatic carbocycles. The number of hydrogen-bond acceptors (Lipinski definition) is 5. The monoisotopic (exact) mass is 420 g/mol. The van der Waals surface area contributed by atoms with Crippen molar-refractivity contribution in [2.75, 3.05) is 36.6 Å². The van der Waals surface area contributed by atoms with Crippen LogP contribution in [0, 0.1) is 13.8 Å². The van der Waals surface area contributed by atoms with Crippen LogP contribution in [-0.2, 0) is 14.8 Å². The third kappa shape index (κ3) is 6.12. The lowest BCUT2D eigenvalue weighted by molar-refractivity contribution is -0.116. The minimum Gasteiger partial charge on any atom is -0.497 e. The highest BCUT2D eigenvalue weighted by Crippen LogP contribution is 2.29. The molecule has 0 spiro atoms. The normalized spacial score (nSPS) is 11.1. The van der Waals surface area contributed by atoms with E-state index in [9.17, 15) is 13.2 Å². The second-order valence-electron chi connectivity index (χ2n) is 6.84. The molecular weight excluding hydrogens is 392 g/mol. The summed E-state index contributed by atoms with van der Waals surface area (Å²) < 4.78 is 36.4. The molecule has 0 heterocycles. The van der Waals surface area contributed by atoms with Gasteiger partial charge in [-0.1, -0.05) is 12.1 Å². The highest BCUT2D eigenvalue weighted by molar-refractivity contribution is 7.92. The Kier molecular flexibility index (Phi) is 7.50. The largest absolute Gasteiger partial charge is 0.497 e. The minimum atomic E-state index is -3.46. The van der Waals surface area contributed by atoms with Crippen molar-refractivity contribution in [3.8, 4) is 11.5 Å². The molecule has 1 N–H and O–H groups in total. The molecule has 7 nitrogen and oxygen atoms in total. The molecule has 0 atom stereocenters. The average molecular weight is 421 g/mol. The first-order chi connectivity index (χ1) is 13.7. The van der Waals surface area contributed by atoms with E-state index in [4.69, 9.17) is 9.47 Å². The molecule has 0 fully saturated rings. The summed E-state index contributed by atoms with van der Waals surface area (Å²) in [6, 6.07) is 10.8. The van der Waals surface area contributed by atoms with Gasteiger partial charge in [0.05, 0.1) is 31.9 Å². The molecular formula is C21H28N2O5S. The molecule has 0 saturated carbocycles. The molecule has 0 bridgehead atoms. The third-order valence-corrected chi connectivity index (χ3v) is 5.66. The molecule has 0 radical (unpaired) electrons. The number of methoxy groups -OCH3 is 2. The van der Waals surface area contributed by atoms with E-state index in [1.54, 1.807) is 25.3 Å². The van der Waals surface area contributed by atoms with Crippen molar-refractivity contribution in [2.45, 2.75) is 26.7 Å². The first-order valence-corrected chi connectivity index (χ1v) is 11.1. The van der Waals surface area contributed by atoms with Gasteiger partial charge in [0.1, 0.15) is 11.5 Å². The van der Waals surface area contributed by atoms with Gasteiger partial charge in [-0.2, -0.15) is 0 Å². The van der Waals surface area contributed by atoms with Gasteiger partial charge in [-0.15, -0.1) is 0 Å². The average Bonchev–Trinajstić information content (AvgIpc) is 2.66. The van der Waals surface area contributed by atoms with Crippen molar-refractivity contribution in [1.29, 1.82) is 0 Å². The molecule has 0 saturated heterocycles. The third-order valence-electron chi connectivity index (χ3n) is 4.48. The van der Waals surface area contributed by atoms with Gasteiger partial charge in [0.15, 0.2) is 0 Å². The minimum absolute atomic E-state index is 0.173. The summed E-state index contributed by atoms with van der Waals surface area (Å²) in [6.45, 7) is 4.00. The van der Waals surface area contributed by atoms with Gasteiger partial charge in [-0.25, -0.2) is 8.42 Å². The van der Waals surface area contributed by atoms with Crippen LogP contribution in [0.4, 0.5) is 11.4 Å². The summed E-state index contributed by atoms with van der Waals surface area (Å²) in [5.74, 6) is 0.894. The first kappa shape index (κ1) is 22.5. The van der Waals surface area contributed by atoms with Crippen LogP contribution in [0.5, 0.6) is 11.5 Å². The number of nitrogens with one attached hydrogen (secondary N) is 1. The van der Waals surface area contributed by atoms with Crippen LogP contribution in [-0.4, -0.2) is 41.3 Å². The Morgan fingerprint density at radius 1 is 1.07 bits per heavy atom. The van der Waals surface area contributed by atoms with Crippen LogP contribution in [0.25, 0.3) is 0 Å². The number of benzene rings is 2. The maximum absolute atomic E-state index is 12.4. The zero-order valence-electron chi connectivity index (χ0n) is 17.5. The molecule has 1 amide bonds. The Balaban J connectivity index is 2.05. The van der Waals surface area contributed by atoms with Gasteiger partial charge in [-0.05, 0) is 49.6 Å². The second kappa shape index (κ2) is 9.65. The van der Waals surface area contributed by atoms with Crippen molar-refractivity contribution in [2.24, 2.45) is 0 Å². The van der Waals surface area contributed by atoms with Crippen molar-refractivity contribution in [1.82, 2.24) is 0 Å². The Bertz CT molecular complexity index is 973. The zero-order chi connectivity index (χ0) is 21.6. The van der Waals surface area contributed by atoms with Crippen LogP contribution in [0.3, 0.4) is 0 Å². The number of carbonyl (C=O) groups is 1. The number of anilines is 2. The molecule has 0 aliphatic rings. The number of nitrogens with zero attached hydrogens (tertiary/aromatic N) is 1. The summed E-state index contributed by atoms with van der Waals surface area (Å²) in [7, 11) is -0.400. The number of carbonyl (C=O) groups excluding carboxylic acids is 1. The zero-order valence-corrected chi connectivity index (χ0v) is 18.3. The lowest BCUT2D eigenvalue weighted by Crippen LogP contribution is -2.32. The molecule has 2 rings (SSSR count). The van der Waals surface area contributed by atoms with Crippen LogP contribution in [0.15, 0.2) is 36.4 Å². The maximum atomic E-state index is 12.4. The highest BCUT2D eigenvalue weighted by Gasteiger charge is 2.19. The standard InChI is InChI=1S/C21H28N2O5S/c1-15-8-9-16(2)19(13-15)23(29(5,25)26)12-6-7-21(24)22-18-11-10-17(27-3)14-20(18)28-4/h8-11,13-14H,6-7,12H2,1-5H3,(H,22,24). The fourth-order valence-corrected chi connectivity index (χ4v) is 3.97. The van der Waals surface area contributed by atoms with Crippen LogP contribution in [0.1, 0.15) is 24.0 Å². The summed E-state index contributed by atoms with van der Waals surface area (Å²) >= 11 is 0. The molecule has 2 aromatic rings. The smallest absolute Gasteiger partial charge is 0.232 e. The summed E-state index contributed by atoms with van der Waals surface area (Å²) in [5.41, 5.74) is 3.02. The number of ether oxygens (including phenoxy) is 2. The van der Waals surface area contributed by atoms with E-state index < -0.39 is 10.0 Å². The predicted molar refractivity (Wildman–Crippen MR) is 116 cm³/mol. The number of aryl methyl sites for hydroxylation is 2.